The van der Waals surface area contributed by atoms with Crippen LogP contribution in [0.25, 0.3) is 0 Å². The molecular formula is C31H31N3O4S. The van der Waals surface area contributed by atoms with Gasteiger partial charge in [0.05, 0.1) is 35.8 Å². The molecule has 0 saturated carbocycles. The number of hydrogen-bond donors (Lipinski definition) is 2. The lowest BCUT2D eigenvalue weighted by Gasteiger charge is -2.23. The van der Waals surface area contributed by atoms with Gasteiger partial charge < -0.3 is 10.6 Å². The molecule has 0 bridgehead atoms. The Morgan fingerprint density at radius 3 is 2.05 bits per heavy atom. The molecule has 0 aliphatic heterocycles. The van der Waals surface area contributed by atoms with Gasteiger partial charge >= 0.3 is 0 Å². The van der Waals surface area contributed by atoms with Gasteiger partial charge in [-0.05, 0) is 61.4 Å². The quantitative estimate of drug-likeness (QED) is 0.284. The SMILES string of the molecule is Cc1ccc(CN(c2ccc(C(=O)Nc3ccccc3C(=O)N[C@H](C)c3ccccc3)cc2)S(C)(=O)=O)cc1. The first-order valence-corrected chi connectivity index (χ1v) is 14.4. The molecule has 4 rings (SSSR count). The number of aryl methyl sites for hydroxylation is 1. The fraction of sp³-hybridized carbons (Fsp3) is 0.161. The zero-order valence-corrected chi connectivity index (χ0v) is 22.9. The summed E-state index contributed by atoms with van der Waals surface area (Å²) in [4.78, 5) is 26.1. The smallest absolute Gasteiger partial charge is 0.255 e. The van der Waals surface area contributed by atoms with E-state index < -0.39 is 15.9 Å². The summed E-state index contributed by atoms with van der Waals surface area (Å²) in [5, 5.41) is 5.78. The number of benzene rings is 4. The van der Waals surface area contributed by atoms with Gasteiger partial charge in [0, 0.05) is 5.56 Å². The maximum atomic E-state index is 13.1. The molecule has 200 valence electrons. The van der Waals surface area contributed by atoms with Crippen molar-refractivity contribution in [3.05, 3.63) is 131 Å². The molecule has 0 aromatic heterocycles. The molecule has 0 unspecified atom stereocenters. The van der Waals surface area contributed by atoms with Crippen LogP contribution in [0.15, 0.2) is 103 Å². The fourth-order valence-electron chi connectivity index (χ4n) is 4.12. The van der Waals surface area contributed by atoms with Crippen LogP contribution in [-0.2, 0) is 16.6 Å². The van der Waals surface area contributed by atoms with E-state index in [2.05, 4.69) is 10.6 Å². The lowest BCUT2D eigenvalue weighted by Crippen LogP contribution is -2.29. The zero-order chi connectivity index (χ0) is 28.0. The van der Waals surface area contributed by atoms with Crippen molar-refractivity contribution in [3.63, 3.8) is 0 Å². The van der Waals surface area contributed by atoms with E-state index in [0.29, 0.717) is 22.5 Å². The highest BCUT2D eigenvalue weighted by molar-refractivity contribution is 7.92. The molecular weight excluding hydrogens is 510 g/mol. The highest BCUT2D eigenvalue weighted by Crippen LogP contribution is 2.23. The normalized spacial score (nSPS) is 11.9. The molecule has 0 aliphatic carbocycles. The molecule has 39 heavy (non-hydrogen) atoms. The highest BCUT2D eigenvalue weighted by atomic mass is 32.2. The van der Waals surface area contributed by atoms with Gasteiger partial charge in [0.1, 0.15) is 0 Å². The summed E-state index contributed by atoms with van der Waals surface area (Å²) >= 11 is 0. The van der Waals surface area contributed by atoms with E-state index in [1.54, 1.807) is 48.5 Å². The van der Waals surface area contributed by atoms with Crippen LogP contribution in [0.2, 0.25) is 0 Å². The minimum absolute atomic E-state index is 0.175. The van der Waals surface area contributed by atoms with Gasteiger partial charge in [0.15, 0.2) is 0 Å². The molecule has 8 heteroatoms. The monoisotopic (exact) mass is 541 g/mol. The predicted molar refractivity (Wildman–Crippen MR) is 155 cm³/mol. The van der Waals surface area contributed by atoms with Crippen LogP contribution in [0.4, 0.5) is 11.4 Å². The Bertz CT molecular complexity index is 1550. The van der Waals surface area contributed by atoms with Gasteiger partial charge in [0.2, 0.25) is 10.0 Å². The molecule has 0 aliphatic rings. The number of anilines is 2. The first-order chi connectivity index (χ1) is 18.6. The molecule has 0 radical (unpaired) electrons. The predicted octanol–water partition coefficient (Wildman–Crippen LogP) is 5.70. The summed E-state index contributed by atoms with van der Waals surface area (Å²) in [6.07, 6.45) is 1.16. The maximum absolute atomic E-state index is 13.1. The Hall–Kier alpha value is -4.43. The van der Waals surface area contributed by atoms with Crippen LogP contribution in [0, 0.1) is 6.92 Å². The standard InChI is InChI=1S/C31H31N3O4S/c1-22-13-15-24(16-14-22)21-34(39(3,37)38)27-19-17-26(18-20-27)30(35)33-29-12-8-7-11-28(29)31(36)32-23(2)25-9-5-4-6-10-25/h4-20,23H,21H2,1-3H3,(H,32,36)(H,33,35)/t23-/m1/s1. The third kappa shape index (κ3) is 7.12. The molecule has 0 heterocycles. The van der Waals surface area contributed by atoms with E-state index in [1.807, 2.05) is 68.4 Å². The lowest BCUT2D eigenvalue weighted by molar-refractivity contribution is 0.0940. The highest BCUT2D eigenvalue weighted by Gasteiger charge is 2.20. The van der Waals surface area contributed by atoms with E-state index in [1.165, 1.54) is 4.31 Å². The van der Waals surface area contributed by atoms with E-state index in [4.69, 9.17) is 0 Å². The number of nitrogens with zero attached hydrogens (tertiary/aromatic N) is 1. The summed E-state index contributed by atoms with van der Waals surface area (Å²) in [6, 6.07) is 30.2. The van der Waals surface area contributed by atoms with Gasteiger partial charge in [-0.1, -0.05) is 72.3 Å². The summed E-state index contributed by atoms with van der Waals surface area (Å²) in [7, 11) is -3.56. The third-order valence-electron chi connectivity index (χ3n) is 6.33. The number of carbonyl (C=O) groups is 2. The number of rotatable bonds is 9. The number of sulfonamides is 1. The number of hydrogen-bond acceptors (Lipinski definition) is 4. The molecule has 7 nitrogen and oxygen atoms in total. The van der Waals surface area contributed by atoms with Crippen molar-refractivity contribution in [2.45, 2.75) is 26.4 Å². The Morgan fingerprint density at radius 2 is 1.41 bits per heavy atom. The van der Waals surface area contributed by atoms with Crippen molar-refractivity contribution in [1.82, 2.24) is 5.32 Å². The topological polar surface area (TPSA) is 95.6 Å². The van der Waals surface area contributed by atoms with Gasteiger partial charge in [-0.15, -0.1) is 0 Å². The molecule has 0 fully saturated rings. The minimum atomic E-state index is -3.56. The lowest BCUT2D eigenvalue weighted by atomic mass is 10.1. The van der Waals surface area contributed by atoms with Crippen LogP contribution in [0.5, 0.6) is 0 Å². The van der Waals surface area contributed by atoms with Crippen LogP contribution < -0.4 is 14.9 Å². The average molecular weight is 542 g/mol. The van der Waals surface area contributed by atoms with Crippen LogP contribution in [0.3, 0.4) is 0 Å². The van der Waals surface area contributed by atoms with Crippen molar-refractivity contribution in [2.24, 2.45) is 0 Å². The van der Waals surface area contributed by atoms with Gasteiger partial charge in [-0.2, -0.15) is 0 Å². The van der Waals surface area contributed by atoms with E-state index >= 15 is 0 Å². The van der Waals surface area contributed by atoms with Crippen molar-refractivity contribution in [2.75, 3.05) is 15.9 Å². The molecule has 2 N–H and O–H groups in total. The molecule has 0 saturated heterocycles. The van der Waals surface area contributed by atoms with Gasteiger partial charge in [-0.25, -0.2) is 8.42 Å². The first kappa shape index (κ1) is 27.6. The molecule has 2 amide bonds. The summed E-state index contributed by atoms with van der Waals surface area (Å²) in [5.41, 5.74) is 4.40. The molecule has 1 atom stereocenters. The maximum Gasteiger partial charge on any atom is 0.255 e. The molecule has 4 aromatic rings. The van der Waals surface area contributed by atoms with E-state index in [-0.39, 0.29) is 18.5 Å². The van der Waals surface area contributed by atoms with Gasteiger partial charge in [0.25, 0.3) is 11.8 Å². The number of para-hydroxylation sites is 1. The fourth-order valence-corrected chi connectivity index (χ4v) is 5.01. The van der Waals surface area contributed by atoms with Gasteiger partial charge in [-0.3, -0.25) is 13.9 Å². The van der Waals surface area contributed by atoms with Crippen molar-refractivity contribution in [3.8, 4) is 0 Å². The zero-order valence-electron chi connectivity index (χ0n) is 22.1. The van der Waals surface area contributed by atoms with Crippen molar-refractivity contribution in [1.29, 1.82) is 0 Å². The Balaban J connectivity index is 1.49. The Morgan fingerprint density at radius 1 is 0.795 bits per heavy atom. The number of nitrogens with one attached hydrogen (secondary N) is 2. The van der Waals surface area contributed by atoms with Crippen LogP contribution >= 0.6 is 0 Å². The average Bonchev–Trinajstić information content (AvgIpc) is 2.93. The summed E-state index contributed by atoms with van der Waals surface area (Å²) < 4.78 is 26.4. The third-order valence-corrected chi connectivity index (χ3v) is 7.47. The van der Waals surface area contributed by atoms with Crippen molar-refractivity contribution < 1.29 is 18.0 Å². The molecule has 4 aromatic carbocycles. The second kappa shape index (κ2) is 12.0. The second-order valence-electron chi connectivity index (χ2n) is 9.41. The van der Waals surface area contributed by atoms with Crippen LogP contribution in [0.1, 0.15) is 50.4 Å². The number of carbonyl (C=O) groups excluding carboxylic acids is 2. The molecule has 0 spiro atoms. The van der Waals surface area contributed by atoms with Crippen molar-refractivity contribution >= 4 is 33.2 Å². The minimum Gasteiger partial charge on any atom is -0.345 e. The Labute approximate surface area is 229 Å². The summed E-state index contributed by atoms with van der Waals surface area (Å²) in [6.45, 7) is 4.04. The van der Waals surface area contributed by atoms with Crippen LogP contribution in [-0.4, -0.2) is 26.5 Å². The van der Waals surface area contributed by atoms with E-state index in [9.17, 15) is 18.0 Å². The Kier molecular flexibility index (Phi) is 8.46. The summed E-state index contributed by atoms with van der Waals surface area (Å²) in [5.74, 6) is -0.722. The number of amides is 2. The largest absolute Gasteiger partial charge is 0.345 e. The van der Waals surface area contributed by atoms with E-state index in [0.717, 1.165) is 22.9 Å². The first-order valence-electron chi connectivity index (χ1n) is 12.5. The second-order valence-corrected chi connectivity index (χ2v) is 11.3.